The lowest BCUT2D eigenvalue weighted by atomic mass is 10.2. The van der Waals surface area contributed by atoms with E-state index in [9.17, 15) is 14.4 Å². The Morgan fingerprint density at radius 3 is 2.52 bits per heavy atom. The van der Waals surface area contributed by atoms with Crippen LogP contribution in [-0.4, -0.2) is 33.7 Å². The molecule has 2 aromatic carbocycles. The van der Waals surface area contributed by atoms with Crippen LogP contribution < -0.4 is 20.9 Å². The number of aromatic nitrogens is 3. The zero-order valence-corrected chi connectivity index (χ0v) is 18.0. The van der Waals surface area contributed by atoms with Crippen molar-refractivity contribution in [2.24, 2.45) is 0 Å². The van der Waals surface area contributed by atoms with Gasteiger partial charge in [0.25, 0.3) is 5.56 Å². The molecule has 0 bridgehead atoms. The SMILES string of the molecule is C=CCN(C(=O)Cn1c(=O)c2cccnc2n(-c2ccccc2OC)c1=O)c1ccccc1. The maximum Gasteiger partial charge on any atom is 0.337 e. The monoisotopic (exact) mass is 442 g/mol. The fourth-order valence-corrected chi connectivity index (χ4v) is 3.67. The van der Waals surface area contributed by atoms with Crippen molar-refractivity contribution in [3.63, 3.8) is 0 Å². The molecule has 166 valence electrons. The molecule has 0 saturated carbocycles. The van der Waals surface area contributed by atoms with Gasteiger partial charge in [0.15, 0.2) is 5.65 Å². The smallest absolute Gasteiger partial charge is 0.337 e. The van der Waals surface area contributed by atoms with Crippen LogP contribution in [0.2, 0.25) is 0 Å². The Balaban J connectivity index is 1.90. The standard InChI is InChI=1S/C25H22N4O4/c1-3-16-27(18-10-5-4-6-11-18)22(30)17-28-24(31)19-12-9-15-26-23(19)29(25(28)32)20-13-7-8-14-21(20)33-2/h3-15H,1,16-17H2,2H3. The number of ether oxygens (including phenoxy) is 1. The van der Waals surface area contributed by atoms with E-state index in [1.807, 2.05) is 6.07 Å². The van der Waals surface area contributed by atoms with Gasteiger partial charge < -0.3 is 9.64 Å². The van der Waals surface area contributed by atoms with Gasteiger partial charge in [-0.2, -0.15) is 0 Å². The summed E-state index contributed by atoms with van der Waals surface area (Å²) in [6, 6.07) is 19.1. The zero-order valence-electron chi connectivity index (χ0n) is 18.0. The summed E-state index contributed by atoms with van der Waals surface area (Å²) in [5.41, 5.74) is -0.0274. The quantitative estimate of drug-likeness (QED) is 0.411. The van der Waals surface area contributed by atoms with Gasteiger partial charge >= 0.3 is 5.69 Å². The summed E-state index contributed by atoms with van der Waals surface area (Å²) in [5.74, 6) is 0.00997. The van der Waals surface area contributed by atoms with Gasteiger partial charge in [0, 0.05) is 18.4 Å². The molecule has 0 aliphatic carbocycles. The third-order valence-corrected chi connectivity index (χ3v) is 5.20. The lowest BCUT2D eigenvalue weighted by molar-refractivity contribution is -0.119. The van der Waals surface area contributed by atoms with Crippen LogP contribution in [-0.2, 0) is 11.3 Å². The largest absolute Gasteiger partial charge is 0.495 e. The van der Waals surface area contributed by atoms with Crippen LogP contribution in [0.3, 0.4) is 0 Å². The summed E-state index contributed by atoms with van der Waals surface area (Å²) in [4.78, 5) is 45.8. The van der Waals surface area contributed by atoms with Gasteiger partial charge in [-0.15, -0.1) is 6.58 Å². The van der Waals surface area contributed by atoms with Crippen LogP contribution >= 0.6 is 0 Å². The van der Waals surface area contributed by atoms with E-state index in [1.165, 1.54) is 22.8 Å². The average molecular weight is 442 g/mol. The molecule has 0 aliphatic rings. The van der Waals surface area contributed by atoms with E-state index in [2.05, 4.69) is 11.6 Å². The van der Waals surface area contributed by atoms with Crippen LogP contribution in [0.1, 0.15) is 0 Å². The molecule has 2 heterocycles. The number of benzene rings is 2. The van der Waals surface area contributed by atoms with E-state index >= 15 is 0 Å². The number of fused-ring (bicyclic) bond motifs is 1. The van der Waals surface area contributed by atoms with Crippen molar-refractivity contribution in [2.75, 3.05) is 18.6 Å². The third kappa shape index (κ3) is 4.06. The van der Waals surface area contributed by atoms with E-state index < -0.39 is 23.7 Å². The number of carbonyl (C=O) groups excluding carboxylic acids is 1. The highest BCUT2D eigenvalue weighted by molar-refractivity contribution is 5.93. The molecule has 4 rings (SSSR count). The highest BCUT2D eigenvalue weighted by Crippen LogP contribution is 2.23. The van der Waals surface area contributed by atoms with Gasteiger partial charge in [-0.3, -0.25) is 9.59 Å². The topological polar surface area (TPSA) is 86.4 Å². The van der Waals surface area contributed by atoms with Crippen molar-refractivity contribution in [3.05, 3.63) is 106 Å². The molecule has 0 radical (unpaired) electrons. The van der Waals surface area contributed by atoms with Gasteiger partial charge in [-0.05, 0) is 36.4 Å². The molecule has 0 unspecified atom stereocenters. The summed E-state index contributed by atoms with van der Waals surface area (Å²) in [7, 11) is 1.49. The Hall–Kier alpha value is -4.46. The Morgan fingerprint density at radius 2 is 1.79 bits per heavy atom. The number of para-hydroxylation sites is 3. The zero-order chi connectivity index (χ0) is 23.4. The predicted molar refractivity (Wildman–Crippen MR) is 127 cm³/mol. The highest BCUT2D eigenvalue weighted by atomic mass is 16.5. The molecule has 8 nitrogen and oxygen atoms in total. The number of methoxy groups -OCH3 is 1. The van der Waals surface area contributed by atoms with Crippen LogP contribution in [0.4, 0.5) is 5.69 Å². The summed E-state index contributed by atoms with van der Waals surface area (Å²) in [6.07, 6.45) is 3.09. The van der Waals surface area contributed by atoms with Crippen molar-refractivity contribution >= 4 is 22.6 Å². The molecule has 33 heavy (non-hydrogen) atoms. The Kier molecular flexibility index (Phi) is 6.17. The third-order valence-electron chi connectivity index (χ3n) is 5.20. The molecular formula is C25H22N4O4. The minimum atomic E-state index is -0.685. The minimum absolute atomic E-state index is 0.187. The average Bonchev–Trinajstić information content (AvgIpc) is 2.86. The number of pyridine rings is 1. The van der Waals surface area contributed by atoms with E-state index in [1.54, 1.807) is 66.7 Å². The molecule has 0 spiro atoms. The number of nitrogens with zero attached hydrogens (tertiary/aromatic N) is 4. The summed E-state index contributed by atoms with van der Waals surface area (Å²) in [5, 5.41) is 0.214. The number of carbonyl (C=O) groups is 1. The Labute approximate surface area is 189 Å². The Bertz CT molecular complexity index is 1440. The van der Waals surface area contributed by atoms with Gasteiger partial charge in [-0.1, -0.05) is 36.4 Å². The number of amides is 1. The lowest BCUT2D eigenvalue weighted by Crippen LogP contribution is -2.45. The predicted octanol–water partition coefficient (Wildman–Crippen LogP) is 2.78. The molecule has 8 heteroatoms. The molecule has 0 saturated heterocycles. The molecule has 0 aliphatic heterocycles. The molecule has 4 aromatic rings. The molecular weight excluding hydrogens is 420 g/mol. The molecule has 1 amide bonds. The Morgan fingerprint density at radius 1 is 1.06 bits per heavy atom. The van der Waals surface area contributed by atoms with E-state index in [0.717, 1.165) is 4.57 Å². The van der Waals surface area contributed by atoms with Crippen molar-refractivity contribution in [1.82, 2.24) is 14.1 Å². The number of hydrogen-bond acceptors (Lipinski definition) is 5. The summed E-state index contributed by atoms with van der Waals surface area (Å²) in [6.45, 7) is 3.50. The van der Waals surface area contributed by atoms with Crippen molar-refractivity contribution in [2.45, 2.75) is 6.54 Å². The minimum Gasteiger partial charge on any atom is -0.495 e. The second-order valence-corrected chi connectivity index (χ2v) is 7.18. The first-order valence-electron chi connectivity index (χ1n) is 10.3. The van der Waals surface area contributed by atoms with Crippen molar-refractivity contribution < 1.29 is 9.53 Å². The van der Waals surface area contributed by atoms with Crippen LogP contribution in [0.5, 0.6) is 5.75 Å². The highest BCUT2D eigenvalue weighted by Gasteiger charge is 2.22. The first-order chi connectivity index (χ1) is 16.1. The van der Waals surface area contributed by atoms with E-state index in [4.69, 9.17) is 4.74 Å². The maximum absolute atomic E-state index is 13.6. The molecule has 0 atom stereocenters. The second kappa shape index (κ2) is 9.35. The molecule has 0 N–H and O–H groups in total. The fourth-order valence-electron chi connectivity index (χ4n) is 3.67. The normalized spacial score (nSPS) is 10.7. The fraction of sp³-hybridized carbons (Fsp3) is 0.120. The first kappa shape index (κ1) is 21.8. The maximum atomic E-state index is 13.6. The van der Waals surface area contributed by atoms with Gasteiger partial charge in [0.1, 0.15) is 12.3 Å². The number of rotatable bonds is 7. The van der Waals surface area contributed by atoms with Crippen LogP contribution in [0.25, 0.3) is 16.7 Å². The van der Waals surface area contributed by atoms with E-state index in [-0.39, 0.29) is 17.6 Å². The summed E-state index contributed by atoms with van der Waals surface area (Å²) < 4.78 is 7.64. The van der Waals surface area contributed by atoms with Crippen LogP contribution in [0, 0.1) is 0 Å². The van der Waals surface area contributed by atoms with Crippen molar-refractivity contribution in [1.29, 1.82) is 0 Å². The second-order valence-electron chi connectivity index (χ2n) is 7.18. The van der Waals surface area contributed by atoms with E-state index in [0.29, 0.717) is 17.1 Å². The molecule has 2 aromatic heterocycles. The van der Waals surface area contributed by atoms with Gasteiger partial charge in [-0.25, -0.2) is 18.9 Å². The van der Waals surface area contributed by atoms with Crippen LogP contribution in [0.15, 0.2) is 95.2 Å². The number of hydrogen-bond donors (Lipinski definition) is 0. The number of anilines is 1. The summed E-state index contributed by atoms with van der Waals surface area (Å²) >= 11 is 0. The lowest BCUT2D eigenvalue weighted by Gasteiger charge is -2.22. The van der Waals surface area contributed by atoms with Gasteiger partial charge in [0.2, 0.25) is 5.91 Å². The molecule has 0 fully saturated rings. The first-order valence-corrected chi connectivity index (χ1v) is 10.3. The van der Waals surface area contributed by atoms with Gasteiger partial charge in [0.05, 0.1) is 18.2 Å². The van der Waals surface area contributed by atoms with Crippen molar-refractivity contribution in [3.8, 4) is 11.4 Å².